The quantitative estimate of drug-likeness (QED) is 0.678. The zero-order valence-electron chi connectivity index (χ0n) is 17.1. The molecular weight excluding hydrogens is 368 g/mol. The van der Waals surface area contributed by atoms with Crippen LogP contribution in [0.1, 0.15) is 49.3 Å². The number of benzene rings is 2. The van der Waals surface area contributed by atoms with Gasteiger partial charge in [0.1, 0.15) is 11.4 Å². The normalized spacial score (nSPS) is 18.1. The van der Waals surface area contributed by atoms with Gasteiger partial charge in [0.25, 0.3) is 0 Å². The summed E-state index contributed by atoms with van der Waals surface area (Å²) in [6.07, 6.45) is 2.15. The van der Waals surface area contributed by atoms with E-state index in [1.165, 1.54) is 0 Å². The highest BCUT2D eigenvalue weighted by atomic mass is 16.5. The predicted molar refractivity (Wildman–Crippen MR) is 112 cm³/mol. The van der Waals surface area contributed by atoms with Crippen LogP contribution in [0, 0.1) is 0 Å². The molecule has 2 aromatic carbocycles. The summed E-state index contributed by atoms with van der Waals surface area (Å²) in [6, 6.07) is 12.9. The summed E-state index contributed by atoms with van der Waals surface area (Å²) in [6.45, 7) is 4.15. The van der Waals surface area contributed by atoms with E-state index in [1.54, 1.807) is 25.3 Å². The maximum atomic E-state index is 12.3. The first-order valence-electron chi connectivity index (χ1n) is 9.91. The number of rotatable bonds is 5. The molecule has 0 aliphatic heterocycles. The van der Waals surface area contributed by atoms with Crippen molar-refractivity contribution in [3.8, 4) is 5.75 Å². The lowest BCUT2D eigenvalue weighted by atomic mass is 9.79. The molecule has 0 spiro atoms. The average Bonchev–Trinajstić information content (AvgIpc) is 2.72. The van der Waals surface area contributed by atoms with Crippen LogP contribution in [-0.4, -0.2) is 30.6 Å². The SMILES string of the molecule is COc1ccc2c(c1)CCCC2(O)CNC(=O)C(=O)Nc1ccc(C(C)C)cc1. The number of aliphatic hydroxyl groups is 1. The van der Waals surface area contributed by atoms with Crippen LogP contribution in [0.25, 0.3) is 0 Å². The molecule has 3 N–H and O–H groups in total. The molecule has 2 amide bonds. The first-order chi connectivity index (χ1) is 13.8. The van der Waals surface area contributed by atoms with Gasteiger partial charge in [-0.1, -0.05) is 32.0 Å². The number of fused-ring (bicyclic) bond motifs is 1. The fraction of sp³-hybridized carbons (Fsp3) is 0.391. The van der Waals surface area contributed by atoms with E-state index in [9.17, 15) is 14.7 Å². The first kappa shape index (κ1) is 20.9. The maximum absolute atomic E-state index is 12.3. The molecule has 2 aromatic rings. The molecule has 6 heteroatoms. The number of ether oxygens (including phenoxy) is 1. The molecule has 6 nitrogen and oxygen atoms in total. The van der Waals surface area contributed by atoms with Crippen molar-refractivity contribution in [2.45, 2.75) is 44.6 Å². The number of hydrogen-bond acceptors (Lipinski definition) is 4. The fourth-order valence-corrected chi connectivity index (χ4v) is 3.69. The zero-order valence-corrected chi connectivity index (χ0v) is 17.1. The van der Waals surface area contributed by atoms with Gasteiger partial charge < -0.3 is 20.5 Å². The second kappa shape index (κ2) is 8.66. The molecule has 0 radical (unpaired) electrons. The Hall–Kier alpha value is -2.86. The standard InChI is InChI=1S/C23H28N2O4/c1-15(2)16-6-8-18(9-7-16)25-22(27)21(26)24-14-23(28)12-4-5-17-13-19(29-3)10-11-20(17)23/h6-11,13,15,28H,4-5,12,14H2,1-3H3,(H,24,26)(H,25,27). The van der Waals surface area contributed by atoms with E-state index in [0.717, 1.165) is 35.3 Å². The Labute approximate surface area is 171 Å². The summed E-state index contributed by atoms with van der Waals surface area (Å²) in [4.78, 5) is 24.5. The lowest BCUT2D eigenvalue weighted by molar-refractivity contribution is -0.137. The first-order valence-corrected chi connectivity index (χ1v) is 9.91. The van der Waals surface area contributed by atoms with Crippen molar-refractivity contribution in [3.05, 3.63) is 59.2 Å². The van der Waals surface area contributed by atoms with Crippen LogP contribution < -0.4 is 15.4 Å². The summed E-state index contributed by atoms with van der Waals surface area (Å²) in [5, 5.41) is 16.3. The molecule has 0 saturated heterocycles. The van der Waals surface area contributed by atoms with Crippen molar-refractivity contribution < 1.29 is 19.4 Å². The Morgan fingerprint density at radius 3 is 2.52 bits per heavy atom. The molecule has 1 aliphatic rings. The molecule has 3 rings (SSSR count). The van der Waals surface area contributed by atoms with Crippen molar-refractivity contribution in [1.29, 1.82) is 0 Å². The van der Waals surface area contributed by atoms with Gasteiger partial charge in [-0.05, 0) is 66.1 Å². The third kappa shape index (κ3) is 4.77. The third-order valence-corrected chi connectivity index (χ3v) is 5.43. The van der Waals surface area contributed by atoms with E-state index in [4.69, 9.17) is 4.74 Å². The van der Waals surface area contributed by atoms with Gasteiger partial charge in [-0.2, -0.15) is 0 Å². The molecule has 1 atom stereocenters. The maximum Gasteiger partial charge on any atom is 0.313 e. The van der Waals surface area contributed by atoms with Gasteiger partial charge in [0, 0.05) is 5.69 Å². The Morgan fingerprint density at radius 1 is 1.14 bits per heavy atom. The minimum absolute atomic E-state index is 0.0229. The molecule has 0 bridgehead atoms. The second-order valence-electron chi connectivity index (χ2n) is 7.82. The Balaban J connectivity index is 1.62. The van der Waals surface area contributed by atoms with Crippen molar-refractivity contribution >= 4 is 17.5 Å². The topological polar surface area (TPSA) is 87.7 Å². The molecular formula is C23H28N2O4. The van der Waals surface area contributed by atoms with Crippen molar-refractivity contribution in [2.24, 2.45) is 0 Å². The van der Waals surface area contributed by atoms with Crippen molar-refractivity contribution in [2.75, 3.05) is 19.0 Å². The van der Waals surface area contributed by atoms with Crippen LogP contribution in [0.15, 0.2) is 42.5 Å². The van der Waals surface area contributed by atoms with E-state index in [1.807, 2.05) is 24.3 Å². The van der Waals surface area contributed by atoms with Crippen LogP contribution >= 0.6 is 0 Å². The highest BCUT2D eigenvalue weighted by Gasteiger charge is 2.35. The van der Waals surface area contributed by atoms with Crippen LogP contribution in [0.5, 0.6) is 5.75 Å². The number of amides is 2. The molecule has 29 heavy (non-hydrogen) atoms. The summed E-state index contributed by atoms with van der Waals surface area (Å²) >= 11 is 0. The summed E-state index contributed by atoms with van der Waals surface area (Å²) in [5.74, 6) is -0.398. The lowest BCUT2D eigenvalue weighted by Gasteiger charge is -2.34. The van der Waals surface area contributed by atoms with Gasteiger partial charge in [-0.15, -0.1) is 0 Å². The number of carbonyl (C=O) groups is 2. The largest absolute Gasteiger partial charge is 0.497 e. The van der Waals surface area contributed by atoms with Gasteiger partial charge in [-0.3, -0.25) is 9.59 Å². The second-order valence-corrected chi connectivity index (χ2v) is 7.82. The van der Waals surface area contributed by atoms with E-state index in [-0.39, 0.29) is 6.54 Å². The van der Waals surface area contributed by atoms with E-state index in [0.29, 0.717) is 18.0 Å². The van der Waals surface area contributed by atoms with Crippen molar-refractivity contribution in [3.63, 3.8) is 0 Å². The molecule has 154 valence electrons. The molecule has 0 aromatic heterocycles. The highest BCUT2D eigenvalue weighted by Crippen LogP contribution is 2.36. The van der Waals surface area contributed by atoms with Gasteiger partial charge in [0.05, 0.1) is 13.7 Å². The zero-order chi connectivity index (χ0) is 21.0. The van der Waals surface area contributed by atoms with Gasteiger partial charge in [-0.25, -0.2) is 0 Å². The lowest BCUT2D eigenvalue weighted by Crippen LogP contribution is -2.46. The van der Waals surface area contributed by atoms with Gasteiger partial charge >= 0.3 is 11.8 Å². The van der Waals surface area contributed by atoms with Gasteiger partial charge in [0.15, 0.2) is 0 Å². The Bertz CT molecular complexity index is 892. The number of carbonyl (C=O) groups excluding carboxylic acids is 2. The predicted octanol–water partition coefficient (Wildman–Crippen LogP) is 3.10. The summed E-state index contributed by atoms with van der Waals surface area (Å²) in [5.41, 5.74) is 2.29. The Kier molecular flexibility index (Phi) is 6.23. The number of nitrogens with one attached hydrogen (secondary N) is 2. The van der Waals surface area contributed by atoms with E-state index in [2.05, 4.69) is 24.5 Å². The molecule has 0 heterocycles. The summed E-state index contributed by atoms with van der Waals surface area (Å²) in [7, 11) is 1.60. The van der Waals surface area contributed by atoms with Gasteiger partial charge in [0.2, 0.25) is 0 Å². The van der Waals surface area contributed by atoms with Crippen LogP contribution in [-0.2, 0) is 21.6 Å². The molecule has 0 saturated carbocycles. The molecule has 1 aliphatic carbocycles. The van der Waals surface area contributed by atoms with E-state index < -0.39 is 17.4 Å². The fourth-order valence-electron chi connectivity index (χ4n) is 3.69. The van der Waals surface area contributed by atoms with Crippen LogP contribution in [0.4, 0.5) is 5.69 Å². The number of aryl methyl sites for hydroxylation is 1. The third-order valence-electron chi connectivity index (χ3n) is 5.43. The monoisotopic (exact) mass is 396 g/mol. The number of anilines is 1. The van der Waals surface area contributed by atoms with Crippen molar-refractivity contribution in [1.82, 2.24) is 5.32 Å². The molecule has 1 unspecified atom stereocenters. The minimum Gasteiger partial charge on any atom is -0.497 e. The highest BCUT2D eigenvalue weighted by molar-refractivity contribution is 6.39. The van der Waals surface area contributed by atoms with Crippen LogP contribution in [0.2, 0.25) is 0 Å². The Morgan fingerprint density at radius 2 is 1.86 bits per heavy atom. The number of hydrogen-bond donors (Lipinski definition) is 3. The summed E-state index contributed by atoms with van der Waals surface area (Å²) < 4.78 is 5.25. The van der Waals surface area contributed by atoms with Crippen LogP contribution in [0.3, 0.4) is 0 Å². The van der Waals surface area contributed by atoms with E-state index >= 15 is 0 Å². The molecule has 0 fully saturated rings. The minimum atomic E-state index is -1.20. The average molecular weight is 396 g/mol. The smallest absolute Gasteiger partial charge is 0.313 e. The number of methoxy groups -OCH3 is 1.